The maximum absolute atomic E-state index is 13.0. The summed E-state index contributed by atoms with van der Waals surface area (Å²) in [5.41, 5.74) is 1.27. The number of benzene rings is 2. The van der Waals surface area contributed by atoms with Gasteiger partial charge in [0.1, 0.15) is 5.60 Å². The van der Waals surface area contributed by atoms with Crippen molar-refractivity contribution in [1.29, 1.82) is 0 Å². The Morgan fingerprint density at radius 2 is 1.61 bits per heavy atom. The van der Waals surface area contributed by atoms with Gasteiger partial charge in [0.05, 0.1) is 23.3 Å². The lowest BCUT2D eigenvalue weighted by molar-refractivity contribution is -0.129. The lowest BCUT2D eigenvalue weighted by Crippen LogP contribution is -2.34. The van der Waals surface area contributed by atoms with Crippen LogP contribution < -0.4 is 16.0 Å². The summed E-state index contributed by atoms with van der Waals surface area (Å²) in [5, 5.41) is 8.16. The van der Waals surface area contributed by atoms with E-state index in [4.69, 9.17) is 4.74 Å². The Kier molecular flexibility index (Phi) is 8.68. The molecule has 0 aliphatic carbocycles. The number of para-hydroxylation sites is 2. The lowest BCUT2D eigenvalue weighted by Gasteiger charge is -2.25. The molecule has 1 fully saturated rings. The molecule has 9 heteroatoms. The molecule has 1 aliphatic rings. The highest BCUT2D eigenvalue weighted by atomic mass is 16.6. The molecule has 36 heavy (non-hydrogen) atoms. The number of alkyl carbamates (subject to hydrolysis) is 1. The van der Waals surface area contributed by atoms with Gasteiger partial charge in [-0.05, 0) is 45.4 Å². The van der Waals surface area contributed by atoms with Crippen LogP contribution in [0.2, 0.25) is 0 Å². The number of ether oxygens (including phenoxy) is 1. The summed E-state index contributed by atoms with van der Waals surface area (Å²) >= 11 is 0. The minimum Gasteiger partial charge on any atom is -0.444 e. The van der Waals surface area contributed by atoms with Crippen molar-refractivity contribution in [3.63, 3.8) is 0 Å². The molecule has 0 bridgehead atoms. The molecule has 9 nitrogen and oxygen atoms in total. The van der Waals surface area contributed by atoms with Crippen LogP contribution in [0.3, 0.4) is 0 Å². The second-order valence-corrected chi connectivity index (χ2v) is 9.80. The van der Waals surface area contributed by atoms with Crippen molar-refractivity contribution >= 4 is 35.2 Å². The number of carbonyl (C=O) groups excluding carboxylic acids is 4. The molecular weight excluding hydrogens is 460 g/mol. The van der Waals surface area contributed by atoms with Gasteiger partial charge in [-0.3, -0.25) is 14.4 Å². The zero-order chi connectivity index (χ0) is 26.3. The molecule has 0 spiro atoms. The fraction of sp³-hybridized carbons (Fsp3) is 0.407. The van der Waals surface area contributed by atoms with Crippen LogP contribution >= 0.6 is 0 Å². The number of carbonyl (C=O) groups is 4. The van der Waals surface area contributed by atoms with Gasteiger partial charge in [0.25, 0.3) is 0 Å². The first kappa shape index (κ1) is 26.7. The third-order valence-corrected chi connectivity index (χ3v) is 5.76. The topological polar surface area (TPSA) is 117 Å². The van der Waals surface area contributed by atoms with E-state index in [0.717, 1.165) is 5.56 Å². The molecule has 0 saturated carbocycles. The van der Waals surface area contributed by atoms with E-state index in [2.05, 4.69) is 16.0 Å². The molecule has 0 aromatic heterocycles. The second-order valence-electron chi connectivity index (χ2n) is 9.80. The number of hydrogen-bond donors (Lipinski definition) is 3. The van der Waals surface area contributed by atoms with Crippen molar-refractivity contribution in [2.75, 3.05) is 23.7 Å². The highest BCUT2D eigenvalue weighted by molar-refractivity contribution is 6.02. The van der Waals surface area contributed by atoms with Gasteiger partial charge >= 0.3 is 6.09 Å². The summed E-state index contributed by atoms with van der Waals surface area (Å²) in [5.74, 6) is -1.16. The summed E-state index contributed by atoms with van der Waals surface area (Å²) in [7, 11) is 0. The normalized spacial score (nSPS) is 16.3. The molecular formula is C27H34N4O5. The van der Waals surface area contributed by atoms with Gasteiger partial charge in [0.15, 0.2) is 0 Å². The Bertz CT molecular complexity index is 1100. The van der Waals surface area contributed by atoms with Gasteiger partial charge in [-0.15, -0.1) is 0 Å². The van der Waals surface area contributed by atoms with E-state index in [-0.39, 0.29) is 43.1 Å². The van der Waals surface area contributed by atoms with Crippen molar-refractivity contribution in [2.24, 2.45) is 5.92 Å². The van der Waals surface area contributed by atoms with Crippen molar-refractivity contribution < 1.29 is 23.9 Å². The van der Waals surface area contributed by atoms with Gasteiger partial charge in [0.2, 0.25) is 17.7 Å². The monoisotopic (exact) mass is 494 g/mol. The Morgan fingerprint density at radius 1 is 1.00 bits per heavy atom. The van der Waals surface area contributed by atoms with E-state index in [1.807, 2.05) is 37.3 Å². The van der Waals surface area contributed by atoms with Crippen molar-refractivity contribution in [1.82, 2.24) is 10.2 Å². The number of hydrogen-bond acceptors (Lipinski definition) is 5. The fourth-order valence-corrected chi connectivity index (χ4v) is 3.93. The van der Waals surface area contributed by atoms with Crippen LogP contribution in [0.4, 0.5) is 16.2 Å². The Balaban J connectivity index is 1.54. The first-order valence-electron chi connectivity index (χ1n) is 12.0. The second kappa shape index (κ2) is 11.7. The van der Waals surface area contributed by atoms with Gasteiger partial charge < -0.3 is 25.6 Å². The summed E-state index contributed by atoms with van der Waals surface area (Å²) in [4.78, 5) is 51.5. The van der Waals surface area contributed by atoms with Gasteiger partial charge in [-0.1, -0.05) is 42.5 Å². The van der Waals surface area contributed by atoms with E-state index in [1.54, 1.807) is 49.9 Å². The molecule has 1 heterocycles. The van der Waals surface area contributed by atoms with Gasteiger partial charge in [0, 0.05) is 25.9 Å². The predicted molar refractivity (Wildman–Crippen MR) is 137 cm³/mol. The van der Waals surface area contributed by atoms with E-state index < -0.39 is 17.6 Å². The molecule has 4 amide bonds. The average molecular weight is 495 g/mol. The molecule has 1 aliphatic heterocycles. The largest absolute Gasteiger partial charge is 0.444 e. The van der Waals surface area contributed by atoms with Gasteiger partial charge in [-0.2, -0.15) is 0 Å². The number of rotatable bonds is 8. The van der Waals surface area contributed by atoms with Crippen LogP contribution in [-0.2, 0) is 19.1 Å². The molecule has 3 N–H and O–H groups in total. The van der Waals surface area contributed by atoms with Crippen molar-refractivity contribution in [2.45, 2.75) is 52.2 Å². The molecule has 1 saturated heterocycles. The third-order valence-electron chi connectivity index (χ3n) is 5.76. The summed E-state index contributed by atoms with van der Waals surface area (Å²) in [6.07, 6.45) is -0.427. The summed E-state index contributed by atoms with van der Waals surface area (Å²) < 4.78 is 5.15. The maximum Gasteiger partial charge on any atom is 0.407 e. The molecule has 192 valence electrons. The molecule has 3 rings (SSSR count). The van der Waals surface area contributed by atoms with Crippen LogP contribution in [0.5, 0.6) is 0 Å². The SMILES string of the molecule is CC(c1ccccc1)N1CC(C(=O)Nc2ccccc2NC(=O)CCNC(=O)OC(C)(C)C)CC1=O. The van der Waals surface area contributed by atoms with E-state index in [0.29, 0.717) is 17.9 Å². The zero-order valence-corrected chi connectivity index (χ0v) is 21.2. The van der Waals surface area contributed by atoms with E-state index >= 15 is 0 Å². The van der Waals surface area contributed by atoms with Crippen LogP contribution in [0.15, 0.2) is 54.6 Å². The number of amides is 4. The zero-order valence-electron chi connectivity index (χ0n) is 21.2. The van der Waals surface area contributed by atoms with E-state index in [9.17, 15) is 19.2 Å². The smallest absolute Gasteiger partial charge is 0.407 e. The number of anilines is 2. The molecule has 0 radical (unpaired) electrons. The van der Waals surface area contributed by atoms with Crippen LogP contribution in [-0.4, -0.2) is 47.4 Å². The molecule has 2 unspecified atom stereocenters. The third kappa shape index (κ3) is 7.56. The first-order valence-corrected chi connectivity index (χ1v) is 12.0. The minimum absolute atomic E-state index is 0.0327. The summed E-state index contributed by atoms with van der Waals surface area (Å²) in [6.45, 7) is 7.66. The minimum atomic E-state index is -0.621. The Hall–Kier alpha value is -3.88. The van der Waals surface area contributed by atoms with Crippen LogP contribution in [0.1, 0.15) is 52.1 Å². The van der Waals surface area contributed by atoms with E-state index in [1.165, 1.54) is 0 Å². The molecule has 2 atom stereocenters. The van der Waals surface area contributed by atoms with Crippen LogP contribution in [0, 0.1) is 5.92 Å². The highest BCUT2D eigenvalue weighted by Gasteiger charge is 2.37. The first-order chi connectivity index (χ1) is 17.0. The van der Waals surface area contributed by atoms with Crippen molar-refractivity contribution in [3.8, 4) is 0 Å². The fourth-order valence-electron chi connectivity index (χ4n) is 3.93. The molecule has 2 aromatic rings. The van der Waals surface area contributed by atoms with Crippen molar-refractivity contribution in [3.05, 3.63) is 60.2 Å². The quantitative estimate of drug-likeness (QED) is 0.511. The van der Waals surface area contributed by atoms with Crippen LogP contribution in [0.25, 0.3) is 0 Å². The number of nitrogens with zero attached hydrogens (tertiary/aromatic N) is 1. The predicted octanol–water partition coefficient (Wildman–Crippen LogP) is 4.09. The number of nitrogens with one attached hydrogen (secondary N) is 3. The maximum atomic E-state index is 13.0. The lowest BCUT2D eigenvalue weighted by atomic mass is 10.1. The Morgan fingerprint density at radius 3 is 2.25 bits per heavy atom. The highest BCUT2D eigenvalue weighted by Crippen LogP contribution is 2.30. The van der Waals surface area contributed by atoms with Gasteiger partial charge in [-0.25, -0.2) is 4.79 Å². The Labute approximate surface area is 211 Å². The number of likely N-dealkylation sites (tertiary alicyclic amines) is 1. The standard InChI is InChI=1S/C27H34N4O5/c1-18(19-10-6-5-7-11-19)31-17-20(16-24(31)33)25(34)30-22-13-9-8-12-21(22)29-23(32)14-15-28-26(35)36-27(2,3)4/h5-13,18,20H,14-17H2,1-4H3,(H,28,35)(H,29,32)(H,30,34). The average Bonchev–Trinajstić information content (AvgIpc) is 3.21. The summed E-state index contributed by atoms with van der Waals surface area (Å²) in [6, 6.07) is 16.4. The molecule has 2 aromatic carbocycles.